The first-order chi connectivity index (χ1) is 15.9. The van der Waals surface area contributed by atoms with Crippen molar-refractivity contribution in [2.45, 2.75) is 31.2 Å². The van der Waals surface area contributed by atoms with Crippen LogP contribution >= 0.6 is 27.7 Å². The van der Waals surface area contributed by atoms with Gasteiger partial charge in [0.2, 0.25) is 6.54 Å². The van der Waals surface area contributed by atoms with Crippen molar-refractivity contribution in [3.8, 4) is 22.9 Å². The Kier molecular flexibility index (Phi) is 8.56. The van der Waals surface area contributed by atoms with Crippen molar-refractivity contribution < 1.29 is 19.1 Å². The number of rotatable bonds is 11. The summed E-state index contributed by atoms with van der Waals surface area (Å²) in [6.45, 7) is 6.20. The number of aryl methyl sites for hydroxylation is 1. The van der Waals surface area contributed by atoms with Crippen LogP contribution in [-0.2, 0) is 0 Å². The predicted octanol–water partition coefficient (Wildman–Crippen LogP) is 5.25. The van der Waals surface area contributed by atoms with Crippen LogP contribution in [0.15, 0.2) is 46.0 Å². The molecule has 0 radical (unpaired) electrons. The van der Waals surface area contributed by atoms with Gasteiger partial charge >= 0.3 is 0 Å². The van der Waals surface area contributed by atoms with Crippen LogP contribution < -0.4 is 14.2 Å². The van der Waals surface area contributed by atoms with Gasteiger partial charge in [-0.05, 0) is 78.7 Å². The number of halogens is 1. The van der Waals surface area contributed by atoms with Gasteiger partial charge < -0.3 is 14.2 Å². The van der Waals surface area contributed by atoms with Crippen molar-refractivity contribution in [1.29, 1.82) is 0 Å². The molecular formula is C22H25BrN4O5S. The summed E-state index contributed by atoms with van der Waals surface area (Å²) in [6, 6.07) is 11.1. The molecular weight excluding hydrogens is 512 g/mol. The maximum atomic E-state index is 11.5. The van der Waals surface area contributed by atoms with Crippen LogP contribution in [0.5, 0.6) is 17.2 Å². The molecule has 0 N–H and O–H groups in total. The van der Waals surface area contributed by atoms with Gasteiger partial charge in [0.1, 0.15) is 16.8 Å². The van der Waals surface area contributed by atoms with Crippen molar-refractivity contribution in [2.24, 2.45) is 0 Å². The van der Waals surface area contributed by atoms with Gasteiger partial charge in [-0.15, -0.1) is 10.2 Å². The third kappa shape index (κ3) is 5.97. The monoisotopic (exact) mass is 536 g/mol. The fourth-order valence-corrected chi connectivity index (χ4v) is 4.97. The summed E-state index contributed by atoms with van der Waals surface area (Å²) >= 11 is 4.81. The molecule has 0 saturated heterocycles. The number of nitro groups is 1. The Labute approximate surface area is 204 Å². The number of ether oxygens (including phenoxy) is 3. The molecule has 3 aromatic rings. The first-order valence-corrected chi connectivity index (χ1v) is 12.0. The molecule has 0 spiro atoms. The zero-order chi connectivity index (χ0) is 24.0. The molecule has 1 aromatic heterocycles. The minimum atomic E-state index is -0.535. The molecule has 0 aliphatic carbocycles. The van der Waals surface area contributed by atoms with Crippen LogP contribution in [0.4, 0.5) is 0 Å². The molecule has 0 aliphatic heterocycles. The lowest BCUT2D eigenvalue weighted by Gasteiger charge is -2.18. The van der Waals surface area contributed by atoms with Gasteiger partial charge in [-0.3, -0.25) is 14.7 Å². The van der Waals surface area contributed by atoms with E-state index in [1.165, 1.54) is 11.8 Å². The molecule has 0 bridgehead atoms. The second kappa shape index (κ2) is 11.4. The summed E-state index contributed by atoms with van der Waals surface area (Å²) in [5.41, 5.74) is 1.56. The molecule has 0 aliphatic rings. The minimum absolute atomic E-state index is 0.300. The van der Waals surface area contributed by atoms with E-state index in [2.05, 4.69) is 26.1 Å². The van der Waals surface area contributed by atoms with E-state index in [0.717, 1.165) is 17.0 Å². The molecule has 0 amide bonds. The zero-order valence-corrected chi connectivity index (χ0v) is 21.2. The number of aromatic nitrogens is 3. The molecule has 11 heteroatoms. The highest BCUT2D eigenvalue weighted by Gasteiger charge is 2.26. The number of methoxy groups -OCH3 is 1. The van der Waals surface area contributed by atoms with Gasteiger partial charge in [-0.1, -0.05) is 11.8 Å². The Morgan fingerprint density at radius 3 is 2.45 bits per heavy atom. The van der Waals surface area contributed by atoms with Crippen LogP contribution in [0, 0.1) is 17.0 Å². The lowest BCUT2D eigenvalue weighted by atomic mass is 10.1. The highest BCUT2D eigenvalue weighted by Crippen LogP contribution is 2.43. The van der Waals surface area contributed by atoms with Gasteiger partial charge in [0.25, 0.3) is 0 Å². The third-order valence-electron chi connectivity index (χ3n) is 4.68. The third-order valence-corrected chi connectivity index (χ3v) is 6.45. The summed E-state index contributed by atoms with van der Waals surface area (Å²) in [5, 5.41) is 20.0. The van der Waals surface area contributed by atoms with Gasteiger partial charge in [-0.2, -0.15) is 0 Å². The first-order valence-electron chi connectivity index (χ1n) is 10.3. The molecule has 3 rings (SSSR count). The van der Waals surface area contributed by atoms with Crippen LogP contribution in [0.2, 0.25) is 0 Å². The SMILES string of the molecule is CCOc1cc([C@H](C[N+](=O)[O-])Sc2nnc(C)n2-c2ccc(OC)cc2)cc(Br)c1OCC. The lowest BCUT2D eigenvalue weighted by molar-refractivity contribution is -0.479. The summed E-state index contributed by atoms with van der Waals surface area (Å²) in [7, 11) is 1.61. The topological polar surface area (TPSA) is 102 Å². The van der Waals surface area contributed by atoms with Crippen LogP contribution in [0.1, 0.15) is 30.5 Å². The number of thioether (sulfide) groups is 1. The van der Waals surface area contributed by atoms with Crippen LogP contribution in [0.25, 0.3) is 5.69 Å². The largest absolute Gasteiger partial charge is 0.497 e. The Hall–Kier alpha value is -2.79. The molecule has 9 nitrogen and oxygen atoms in total. The fourth-order valence-electron chi connectivity index (χ4n) is 3.24. The van der Waals surface area contributed by atoms with Crippen molar-refractivity contribution in [3.05, 3.63) is 62.4 Å². The van der Waals surface area contributed by atoms with E-state index in [1.807, 2.05) is 55.7 Å². The summed E-state index contributed by atoms with van der Waals surface area (Å²) in [6.07, 6.45) is 0. The van der Waals surface area contributed by atoms with E-state index in [0.29, 0.717) is 40.2 Å². The van der Waals surface area contributed by atoms with E-state index >= 15 is 0 Å². The van der Waals surface area contributed by atoms with Crippen LogP contribution in [-0.4, -0.2) is 46.6 Å². The Balaban J connectivity index is 2.01. The fraction of sp³-hybridized carbons (Fsp3) is 0.364. The van der Waals surface area contributed by atoms with Crippen molar-refractivity contribution in [2.75, 3.05) is 26.9 Å². The Morgan fingerprint density at radius 1 is 1.15 bits per heavy atom. The van der Waals surface area contributed by atoms with Crippen LogP contribution in [0.3, 0.4) is 0 Å². The summed E-state index contributed by atoms with van der Waals surface area (Å²) in [4.78, 5) is 11.2. The van der Waals surface area contributed by atoms with Gasteiger partial charge in [-0.25, -0.2) is 0 Å². The maximum absolute atomic E-state index is 11.5. The molecule has 0 saturated carbocycles. The number of hydrogen-bond donors (Lipinski definition) is 0. The number of benzene rings is 2. The highest BCUT2D eigenvalue weighted by atomic mass is 79.9. The van der Waals surface area contributed by atoms with E-state index in [1.54, 1.807) is 13.2 Å². The van der Waals surface area contributed by atoms with Gasteiger partial charge in [0, 0.05) is 10.6 Å². The second-order valence-electron chi connectivity index (χ2n) is 6.88. The average Bonchev–Trinajstić information content (AvgIpc) is 3.15. The summed E-state index contributed by atoms with van der Waals surface area (Å²) in [5.74, 6) is 2.51. The molecule has 0 unspecified atom stereocenters. The first kappa shape index (κ1) is 24.8. The van der Waals surface area contributed by atoms with Crippen molar-refractivity contribution in [3.63, 3.8) is 0 Å². The van der Waals surface area contributed by atoms with E-state index in [-0.39, 0.29) is 11.5 Å². The average molecular weight is 537 g/mol. The summed E-state index contributed by atoms with van der Waals surface area (Å²) < 4.78 is 19.2. The highest BCUT2D eigenvalue weighted by molar-refractivity contribution is 9.10. The van der Waals surface area contributed by atoms with E-state index in [4.69, 9.17) is 14.2 Å². The molecule has 1 heterocycles. The van der Waals surface area contributed by atoms with Crippen molar-refractivity contribution >= 4 is 27.7 Å². The molecule has 176 valence electrons. The normalized spacial score (nSPS) is 11.8. The van der Waals surface area contributed by atoms with E-state index in [9.17, 15) is 10.1 Å². The quantitative estimate of drug-likeness (QED) is 0.186. The van der Waals surface area contributed by atoms with Gasteiger partial charge in [0.05, 0.1) is 24.8 Å². The van der Waals surface area contributed by atoms with Crippen molar-refractivity contribution in [1.82, 2.24) is 14.8 Å². The molecule has 33 heavy (non-hydrogen) atoms. The standard InChI is InChI=1S/C22H25BrN4O5S/c1-5-31-19-12-15(11-18(23)21(19)32-6-2)20(13-26(28)29)33-22-25-24-14(3)27(22)16-7-9-17(30-4)10-8-16/h7-12,20H,5-6,13H2,1-4H3/t20-/m0/s1. The Bertz CT molecular complexity index is 1110. The van der Waals surface area contributed by atoms with Gasteiger partial charge in [0.15, 0.2) is 16.7 Å². The number of hydrogen-bond acceptors (Lipinski definition) is 8. The zero-order valence-electron chi connectivity index (χ0n) is 18.8. The lowest BCUT2D eigenvalue weighted by Crippen LogP contribution is -2.12. The minimum Gasteiger partial charge on any atom is -0.497 e. The number of nitrogens with zero attached hydrogens (tertiary/aromatic N) is 4. The second-order valence-corrected chi connectivity index (χ2v) is 8.91. The maximum Gasteiger partial charge on any atom is 0.220 e. The Morgan fingerprint density at radius 2 is 1.85 bits per heavy atom. The smallest absolute Gasteiger partial charge is 0.220 e. The molecule has 0 fully saturated rings. The molecule has 2 aromatic carbocycles. The molecule has 1 atom stereocenters. The predicted molar refractivity (Wildman–Crippen MR) is 130 cm³/mol. The van der Waals surface area contributed by atoms with E-state index < -0.39 is 5.25 Å².